The average Bonchev–Trinajstić information content (AvgIpc) is 2.41. The van der Waals surface area contributed by atoms with Gasteiger partial charge in [-0.3, -0.25) is 4.79 Å². The number of hydrogen-bond acceptors (Lipinski definition) is 3. The first-order valence-electron chi connectivity index (χ1n) is 6.73. The van der Waals surface area contributed by atoms with Gasteiger partial charge in [-0.05, 0) is 57.5 Å². The van der Waals surface area contributed by atoms with Gasteiger partial charge in [0.25, 0.3) is 5.91 Å². The molecule has 0 atom stereocenters. The third kappa shape index (κ3) is 4.28. The molecule has 0 bridgehead atoms. The molecule has 1 aromatic rings. The lowest BCUT2D eigenvalue weighted by Crippen LogP contribution is -2.32. The first-order valence-corrected chi connectivity index (χ1v) is 6.73. The highest BCUT2D eigenvalue weighted by Gasteiger charge is 2.16. The van der Waals surface area contributed by atoms with Gasteiger partial charge in [-0.1, -0.05) is 0 Å². The number of halogens is 1. The Morgan fingerprint density at radius 2 is 2.21 bits per heavy atom. The molecule has 4 nitrogen and oxygen atoms in total. The van der Waals surface area contributed by atoms with E-state index in [0.29, 0.717) is 18.0 Å². The van der Waals surface area contributed by atoms with E-state index in [1.165, 1.54) is 31.2 Å². The molecule has 5 heteroatoms. The van der Waals surface area contributed by atoms with Crippen LogP contribution in [-0.2, 0) is 0 Å². The van der Waals surface area contributed by atoms with Crippen LogP contribution < -0.4 is 5.32 Å². The van der Waals surface area contributed by atoms with E-state index in [4.69, 9.17) is 0 Å². The number of nitrogens with zero attached hydrogens (tertiary/aromatic N) is 2. The molecule has 0 saturated carbocycles. The van der Waals surface area contributed by atoms with Crippen LogP contribution in [0.2, 0.25) is 0 Å². The molecule has 1 amide bonds. The summed E-state index contributed by atoms with van der Waals surface area (Å²) in [4.78, 5) is 17.6. The van der Waals surface area contributed by atoms with Gasteiger partial charge in [-0.25, -0.2) is 4.98 Å². The lowest BCUT2D eigenvalue weighted by atomic mass is 9.94. The molecule has 2 rings (SSSR count). The minimum absolute atomic E-state index is 0.180. The number of amides is 1. The van der Waals surface area contributed by atoms with Crippen molar-refractivity contribution in [2.75, 3.05) is 26.7 Å². The number of pyridine rings is 1. The molecule has 0 unspecified atom stereocenters. The Morgan fingerprint density at radius 1 is 1.47 bits per heavy atom. The second-order valence-electron chi connectivity index (χ2n) is 5.16. The second kappa shape index (κ2) is 6.61. The summed E-state index contributed by atoms with van der Waals surface area (Å²) >= 11 is 0. The van der Waals surface area contributed by atoms with Crippen LogP contribution in [0.25, 0.3) is 0 Å². The molecule has 1 aromatic heterocycles. The van der Waals surface area contributed by atoms with E-state index >= 15 is 0 Å². The zero-order valence-corrected chi connectivity index (χ0v) is 11.2. The highest BCUT2D eigenvalue weighted by Crippen LogP contribution is 2.18. The lowest BCUT2D eigenvalue weighted by molar-refractivity contribution is 0.0948. The van der Waals surface area contributed by atoms with Gasteiger partial charge in [0.15, 0.2) is 0 Å². The molecule has 104 valence electrons. The molecule has 1 aliphatic heterocycles. The number of rotatable bonds is 4. The standard InChI is InChI=1S/C14H20FN3O/c1-18-8-5-11(6-9-18)4-7-16-14(19)12-2-3-13(15)17-10-12/h2-3,10-11H,4-9H2,1H3,(H,16,19). The third-order valence-corrected chi connectivity index (χ3v) is 3.67. The predicted molar refractivity (Wildman–Crippen MR) is 71.4 cm³/mol. The van der Waals surface area contributed by atoms with Crippen LogP contribution in [0.4, 0.5) is 4.39 Å². The number of aromatic nitrogens is 1. The van der Waals surface area contributed by atoms with Gasteiger partial charge in [0.05, 0.1) is 5.56 Å². The summed E-state index contributed by atoms with van der Waals surface area (Å²) in [6, 6.07) is 2.65. The number of hydrogen-bond donors (Lipinski definition) is 1. The van der Waals surface area contributed by atoms with E-state index < -0.39 is 5.95 Å². The van der Waals surface area contributed by atoms with Crippen molar-refractivity contribution < 1.29 is 9.18 Å². The first kappa shape index (κ1) is 13.9. The van der Waals surface area contributed by atoms with Crippen molar-refractivity contribution in [3.63, 3.8) is 0 Å². The Morgan fingerprint density at radius 3 is 2.84 bits per heavy atom. The van der Waals surface area contributed by atoms with Gasteiger partial charge in [-0.15, -0.1) is 0 Å². The fourth-order valence-corrected chi connectivity index (χ4v) is 2.35. The van der Waals surface area contributed by atoms with Gasteiger partial charge < -0.3 is 10.2 Å². The van der Waals surface area contributed by atoms with Crippen molar-refractivity contribution in [1.82, 2.24) is 15.2 Å². The average molecular weight is 265 g/mol. The maximum Gasteiger partial charge on any atom is 0.252 e. The molecule has 0 radical (unpaired) electrons. The summed E-state index contributed by atoms with van der Waals surface area (Å²) in [6.07, 6.45) is 4.67. The Labute approximate surface area is 113 Å². The second-order valence-corrected chi connectivity index (χ2v) is 5.16. The first-order chi connectivity index (χ1) is 9.15. The van der Waals surface area contributed by atoms with E-state index in [0.717, 1.165) is 19.5 Å². The van der Waals surface area contributed by atoms with Gasteiger partial charge in [0.2, 0.25) is 5.95 Å². The van der Waals surface area contributed by atoms with E-state index in [2.05, 4.69) is 22.2 Å². The zero-order chi connectivity index (χ0) is 13.7. The van der Waals surface area contributed by atoms with Gasteiger partial charge >= 0.3 is 0 Å². The highest BCUT2D eigenvalue weighted by molar-refractivity contribution is 5.93. The maximum atomic E-state index is 12.6. The summed E-state index contributed by atoms with van der Waals surface area (Å²) < 4.78 is 12.6. The molecular weight excluding hydrogens is 245 g/mol. The number of nitrogens with one attached hydrogen (secondary N) is 1. The molecule has 1 fully saturated rings. The van der Waals surface area contributed by atoms with Crippen LogP contribution in [0.15, 0.2) is 18.3 Å². The van der Waals surface area contributed by atoms with Crippen molar-refractivity contribution in [2.24, 2.45) is 5.92 Å². The fourth-order valence-electron chi connectivity index (χ4n) is 2.35. The molecule has 19 heavy (non-hydrogen) atoms. The molecule has 1 N–H and O–H groups in total. The largest absolute Gasteiger partial charge is 0.352 e. The van der Waals surface area contributed by atoms with E-state index in [1.54, 1.807) is 0 Å². The Bertz CT molecular complexity index is 413. The molecule has 1 aliphatic rings. The summed E-state index contributed by atoms with van der Waals surface area (Å²) in [5.41, 5.74) is 0.407. The van der Waals surface area contributed by atoms with Crippen LogP contribution >= 0.6 is 0 Å². The number of carbonyl (C=O) groups excluding carboxylic acids is 1. The van der Waals surface area contributed by atoms with Gasteiger partial charge in [0, 0.05) is 12.7 Å². The SMILES string of the molecule is CN1CCC(CCNC(=O)c2ccc(F)nc2)CC1. The smallest absolute Gasteiger partial charge is 0.252 e. The van der Waals surface area contributed by atoms with E-state index in [1.807, 2.05) is 0 Å². The molecule has 0 spiro atoms. The topological polar surface area (TPSA) is 45.2 Å². The third-order valence-electron chi connectivity index (χ3n) is 3.67. The van der Waals surface area contributed by atoms with E-state index in [9.17, 15) is 9.18 Å². The Hall–Kier alpha value is -1.49. The van der Waals surface area contributed by atoms with Crippen molar-refractivity contribution >= 4 is 5.91 Å². The highest BCUT2D eigenvalue weighted by atomic mass is 19.1. The lowest BCUT2D eigenvalue weighted by Gasteiger charge is -2.28. The van der Waals surface area contributed by atoms with Crippen molar-refractivity contribution in [2.45, 2.75) is 19.3 Å². The van der Waals surface area contributed by atoms with Crippen molar-refractivity contribution in [1.29, 1.82) is 0 Å². The Kier molecular flexibility index (Phi) is 4.85. The number of likely N-dealkylation sites (tertiary alicyclic amines) is 1. The molecule has 0 aromatic carbocycles. The van der Waals surface area contributed by atoms with Crippen LogP contribution in [0.1, 0.15) is 29.6 Å². The summed E-state index contributed by atoms with van der Waals surface area (Å²) in [5.74, 6) is -0.0499. The fraction of sp³-hybridized carbons (Fsp3) is 0.571. The van der Waals surface area contributed by atoms with Crippen molar-refractivity contribution in [3.05, 3.63) is 29.8 Å². The summed E-state index contributed by atoms with van der Waals surface area (Å²) in [5, 5.41) is 2.86. The predicted octanol–water partition coefficient (Wildman–Crippen LogP) is 1.68. The Balaban J connectivity index is 1.70. The maximum absolute atomic E-state index is 12.6. The molecule has 1 saturated heterocycles. The minimum atomic E-state index is -0.567. The van der Waals surface area contributed by atoms with Crippen LogP contribution in [-0.4, -0.2) is 42.5 Å². The van der Waals surface area contributed by atoms with Crippen molar-refractivity contribution in [3.8, 4) is 0 Å². The summed E-state index contributed by atoms with van der Waals surface area (Å²) in [6.45, 7) is 2.95. The van der Waals surface area contributed by atoms with Crippen LogP contribution in [0, 0.1) is 11.9 Å². The molecule has 0 aliphatic carbocycles. The van der Waals surface area contributed by atoms with Gasteiger partial charge in [0.1, 0.15) is 0 Å². The normalized spacial score (nSPS) is 17.4. The monoisotopic (exact) mass is 265 g/mol. The van der Waals surface area contributed by atoms with E-state index in [-0.39, 0.29) is 5.91 Å². The quantitative estimate of drug-likeness (QED) is 0.843. The number of carbonyl (C=O) groups is 1. The summed E-state index contributed by atoms with van der Waals surface area (Å²) in [7, 11) is 2.14. The zero-order valence-electron chi connectivity index (χ0n) is 11.2. The van der Waals surface area contributed by atoms with Crippen LogP contribution in [0.3, 0.4) is 0 Å². The number of piperidine rings is 1. The van der Waals surface area contributed by atoms with Gasteiger partial charge in [-0.2, -0.15) is 4.39 Å². The minimum Gasteiger partial charge on any atom is -0.352 e. The molecular formula is C14H20FN3O. The van der Waals surface area contributed by atoms with Crippen LogP contribution in [0.5, 0.6) is 0 Å². The molecule has 2 heterocycles.